The van der Waals surface area contributed by atoms with Gasteiger partial charge in [0.15, 0.2) is 0 Å². The van der Waals surface area contributed by atoms with Gasteiger partial charge in [-0.1, -0.05) is 36.7 Å². The zero-order chi connectivity index (χ0) is 15.0. The molecule has 20 heavy (non-hydrogen) atoms. The lowest BCUT2D eigenvalue weighted by atomic mass is 10.1. The Bertz CT molecular complexity index is 442. The molecule has 0 aliphatic rings. The van der Waals surface area contributed by atoms with E-state index in [1.807, 2.05) is 31.2 Å². The Morgan fingerprint density at radius 1 is 1.45 bits per heavy atom. The lowest BCUT2D eigenvalue weighted by Crippen LogP contribution is -2.52. The monoisotopic (exact) mass is 315 g/mol. The van der Waals surface area contributed by atoms with Crippen LogP contribution in [0.4, 0.5) is 0 Å². The minimum atomic E-state index is -0.656. The number of nitrogens with one attached hydrogen (secondary N) is 1. The number of carbonyl (C=O) groups excluding carboxylic acids is 1. The second-order valence-electron chi connectivity index (χ2n) is 4.83. The van der Waals surface area contributed by atoms with Gasteiger partial charge in [-0.05, 0) is 31.5 Å². The van der Waals surface area contributed by atoms with Crippen LogP contribution in [0.5, 0.6) is 0 Å². The smallest absolute Gasteiger partial charge is 0.326 e. The predicted octanol–water partition coefficient (Wildman–Crippen LogP) is 3.50. The van der Waals surface area contributed by atoms with Crippen LogP contribution in [-0.2, 0) is 15.3 Å². The van der Waals surface area contributed by atoms with Gasteiger partial charge in [0.25, 0.3) is 0 Å². The molecule has 0 saturated heterocycles. The molecule has 1 aromatic carbocycles. The van der Waals surface area contributed by atoms with Crippen LogP contribution >= 0.6 is 23.4 Å². The van der Waals surface area contributed by atoms with Crippen molar-refractivity contribution >= 4 is 29.3 Å². The van der Waals surface area contributed by atoms with Crippen LogP contribution < -0.4 is 5.32 Å². The van der Waals surface area contributed by atoms with Gasteiger partial charge < -0.3 is 10.1 Å². The minimum absolute atomic E-state index is 0.224. The summed E-state index contributed by atoms with van der Waals surface area (Å²) in [5.74, 6) is 1.20. The maximum absolute atomic E-state index is 11.9. The summed E-state index contributed by atoms with van der Waals surface area (Å²) >= 11 is 7.80. The van der Waals surface area contributed by atoms with Crippen molar-refractivity contribution in [3.63, 3.8) is 0 Å². The molecule has 1 unspecified atom stereocenters. The molecule has 0 aliphatic carbocycles. The first-order valence-corrected chi connectivity index (χ1v) is 8.21. The molecule has 3 nitrogen and oxygen atoms in total. The third-order valence-corrected chi connectivity index (χ3v) is 4.67. The summed E-state index contributed by atoms with van der Waals surface area (Å²) in [6.45, 7) is 4.74. The average molecular weight is 316 g/mol. The zero-order valence-electron chi connectivity index (χ0n) is 12.2. The largest absolute Gasteiger partial charge is 0.468 e. The molecule has 0 aliphatic heterocycles. The summed E-state index contributed by atoms with van der Waals surface area (Å²) in [7, 11) is 1.42. The molecule has 0 fully saturated rings. The highest BCUT2D eigenvalue weighted by atomic mass is 35.5. The van der Waals surface area contributed by atoms with Crippen LogP contribution in [-0.4, -0.2) is 30.9 Å². The molecule has 1 rings (SSSR count). The van der Waals surface area contributed by atoms with Gasteiger partial charge in [0.2, 0.25) is 0 Å². The van der Waals surface area contributed by atoms with Gasteiger partial charge in [-0.3, -0.25) is 4.79 Å². The summed E-state index contributed by atoms with van der Waals surface area (Å²) in [6, 6.07) is 7.77. The van der Waals surface area contributed by atoms with Crippen LogP contribution in [0.3, 0.4) is 0 Å². The third-order valence-electron chi connectivity index (χ3n) is 3.01. The molecule has 1 N–H and O–H groups in total. The van der Waals surface area contributed by atoms with E-state index < -0.39 is 5.54 Å². The molecule has 0 radical (unpaired) electrons. The Kier molecular flexibility index (Phi) is 7.41. The average Bonchev–Trinajstić information content (AvgIpc) is 2.46. The second kappa shape index (κ2) is 8.55. The number of rotatable bonds is 8. The highest BCUT2D eigenvalue weighted by Gasteiger charge is 2.33. The topological polar surface area (TPSA) is 38.3 Å². The van der Waals surface area contributed by atoms with Gasteiger partial charge in [0, 0.05) is 16.5 Å². The number of esters is 1. The number of hydrogen-bond acceptors (Lipinski definition) is 4. The molecule has 0 bridgehead atoms. The fourth-order valence-corrected chi connectivity index (χ4v) is 3.27. The van der Waals surface area contributed by atoms with Crippen molar-refractivity contribution in [2.45, 2.75) is 31.6 Å². The van der Waals surface area contributed by atoms with Crippen molar-refractivity contribution in [2.24, 2.45) is 0 Å². The van der Waals surface area contributed by atoms with Gasteiger partial charge in [-0.15, -0.1) is 0 Å². The minimum Gasteiger partial charge on any atom is -0.468 e. The fraction of sp³-hybridized carbons (Fsp3) is 0.533. The van der Waals surface area contributed by atoms with Gasteiger partial charge in [-0.2, -0.15) is 11.8 Å². The Morgan fingerprint density at radius 2 is 2.15 bits per heavy atom. The first kappa shape index (κ1) is 17.3. The van der Waals surface area contributed by atoms with Gasteiger partial charge in [0.05, 0.1) is 7.11 Å². The molecule has 0 aromatic heterocycles. The highest BCUT2D eigenvalue weighted by Crippen LogP contribution is 2.23. The molecule has 0 amide bonds. The van der Waals surface area contributed by atoms with Gasteiger partial charge >= 0.3 is 5.97 Å². The van der Waals surface area contributed by atoms with E-state index in [4.69, 9.17) is 16.3 Å². The summed E-state index contributed by atoms with van der Waals surface area (Å²) in [4.78, 5) is 11.9. The van der Waals surface area contributed by atoms with E-state index >= 15 is 0 Å². The fourth-order valence-electron chi connectivity index (χ4n) is 1.79. The van der Waals surface area contributed by atoms with Crippen molar-refractivity contribution < 1.29 is 9.53 Å². The standard InChI is InChI=1S/C15H22ClNO2S/c1-4-9-17-15(2,14(18)19-3)11-20-10-12-7-5-6-8-13(12)16/h5-8,17H,4,9-11H2,1-3H3. The Labute approximate surface area is 130 Å². The van der Waals surface area contributed by atoms with E-state index in [1.165, 1.54) is 7.11 Å². The molecule has 5 heteroatoms. The van der Waals surface area contributed by atoms with E-state index in [0.717, 1.165) is 29.3 Å². The molecular formula is C15H22ClNO2S. The van der Waals surface area contributed by atoms with Crippen LogP contribution in [0.25, 0.3) is 0 Å². The van der Waals surface area contributed by atoms with Crippen LogP contribution in [0.15, 0.2) is 24.3 Å². The maximum Gasteiger partial charge on any atom is 0.326 e. The number of hydrogen-bond donors (Lipinski definition) is 1. The van der Waals surface area contributed by atoms with Gasteiger partial charge in [0.1, 0.15) is 5.54 Å². The normalized spacial score (nSPS) is 13.8. The number of benzene rings is 1. The Morgan fingerprint density at radius 3 is 2.75 bits per heavy atom. The Balaban J connectivity index is 2.58. The number of methoxy groups -OCH3 is 1. The molecule has 0 heterocycles. The molecule has 112 valence electrons. The number of thioether (sulfide) groups is 1. The van der Waals surface area contributed by atoms with Crippen molar-refractivity contribution in [3.05, 3.63) is 34.9 Å². The predicted molar refractivity (Wildman–Crippen MR) is 86.3 cm³/mol. The highest BCUT2D eigenvalue weighted by molar-refractivity contribution is 7.98. The SMILES string of the molecule is CCCNC(C)(CSCc1ccccc1Cl)C(=O)OC. The van der Waals surface area contributed by atoms with E-state index in [9.17, 15) is 4.79 Å². The Hall–Kier alpha value is -0.710. The van der Waals surface area contributed by atoms with E-state index in [2.05, 4.69) is 12.2 Å². The molecule has 0 saturated carbocycles. The number of halogens is 1. The van der Waals surface area contributed by atoms with Crippen molar-refractivity contribution in [3.8, 4) is 0 Å². The summed E-state index contributed by atoms with van der Waals surface area (Å²) < 4.78 is 4.90. The van der Waals surface area contributed by atoms with Crippen molar-refractivity contribution in [2.75, 3.05) is 19.4 Å². The molecular weight excluding hydrogens is 294 g/mol. The quantitative estimate of drug-likeness (QED) is 0.745. The number of carbonyl (C=O) groups is 1. The summed E-state index contributed by atoms with van der Waals surface area (Å²) in [5, 5.41) is 4.03. The van der Waals surface area contributed by atoms with E-state index in [1.54, 1.807) is 11.8 Å². The van der Waals surface area contributed by atoms with Gasteiger partial charge in [-0.25, -0.2) is 0 Å². The first-order valence-electron chi connectivity index (χ1n) is 6.68. The molecule has 1 atom stereocenters. The lowest BCUT2D eigenvalue weighted by molar-refractivity contribution is -0.146. The van der Waals surface area contributed by atoms with Crippen molar-refractivity contribution in [1.29, 1.82) is 0 Å². The third kappa shape index (κ3) is 5.00. The van der Waals surface area contributed by atoms with Crippen LogP contribution in [0.2, 0.25) is 5.02 Å². The lowest BCUT2D eigenvalue weighted by Gasteiger charge is -2.27. The number of ether oxygens (including phenoxy) is 1. The molecule has 0 spiro atoms. The molecule has 1 aromatic rings. The van der Waals surface area contributed by atoms with E-state index in [-0.39, 0.29) is 5.97 Å². The van der Waals surface area contributed by atoms with E-state index in [0.29, 0.717) is 5.75 Å². The van der Waals surface area contributed by atoms with Crippen LogP contribution in [0, 0.1) is 0 Å². The second-order valence-corrected chi connectivity index (χ2v) is 6.23. The zero-order valence-corrected chi connectivity index (χ0v) is 13.8. The summed E-state index contributed by atoms with van der Waals surface area (Å²) in [5.41, 5.74) is 0.429. The van der Waals surface area contributed by atoms with Crippen molar-refractivity contribution in [1.82, 2.24) is 5.32 Å². The summed E-state index contributed by atoms with van der Waals surface area (Å²) in [6.07, 6.45) is 0.974. The first-order chi connectivity index (χ1) is 9.53. The van der Waals surface area contributed by atoms with Crippen LogP contribution in [0.1, 0.15) is 25.8 Å². The maximum atomic E-state index is 11.9.